The summed E-state index contributed by atoms with van der Waals surface area (Å²) >= 11 is 6.28. The molecule has 0 saturated carbocycles. The molecule has 8 nitrogen and oxygen atoms in total. The predicted molar refractivity (Wildman–Crippen MR) is 163 cm³/mol. The van der Waals surface area contributed by atoms with E-state index in [1.165, 1.54) is 23.1 Å². The highest BCUT2D eigenvalue weighted by atomic mass is 35.5. The third kappa shape index (κ3) is 8.01. The normalized spacial score (nSPS) is 12.8. The molecule has 0 fully saturated rings. The van der Waals surface area contributed by atoms with Gasteiger partial charge in [0.2, 0.25) is 11.8 Å². The molecule has 0 radical (unpaired) electrons. The van der Waals surface area contributed by atoms with Crippen LogP contribution in [0.15, 0.2) is 71.6 Å². The maximum absolute atomic E-state index is 14.1. The van der Waals surface area contributed by atoms with Crippen molar-refractivity contribution >= 4 is 39.1 Å². The van der Waals surface area contributed by atoms with Crippen LogP contribution < -0.4 is 14.4 Å². The third-order valence-corrected chi connectivity index (χ3v) is 9.02. The van der Waals surface area contributed by atoms with E-state index in [1.54, 1.807) is 69.5 Å². The van der Waals surface area contributed by atoms with Crippen LogP contribution in [-0.2, 0) is 26.2 Å². The van der Waals surface area contributed by atoms with E-state index in [0.717, 1.165) is 21.9 Å². The largest absolute Gasteiger partial charge is 0.497 e. The number of hydrogen-bond acceptors (Lipinski definition) is 5. The average molecular weight is 600 g/mol. The van der Waals surface area contributed by atoms with E-state index >= 15 is 0 Å². The number of ether oxygens (including phenoxy) is 1. The minimum atomic E-state index is -4.18. The van der Waals surface area contributed by atoms with E-state index in [0.29, 0.717) is 16.3 Å². The number of halogens is 1. The van der Waals surface area contributed by atoms with Crippen LogP contribution in [0, 0.1) is 13.8 Å². The summed E-state index contributed by atoms with van der Waals surface area (Å²) in [7, 11) is -2.62. The lowest BCUT2D eigenvalue weighted by molar-refractivity contribution is -0.139. The van der Waals surface area contributed by atoms with Gasteiger partial charge in [0, 0.05) is 17.6 Å². The Balaban J connectivity index is 2.06. The molecule has 3 rings (SSSR count). The molecule has 0 aromatic heterocycles. The van der Waals surface area contributed by atoms with Crippen LogP contribution in [0.5, 0.6) is 5.75 Å². The number of amides is 2. The summed E-state index contributed by atoms with van der Waals surface area (Å²) < 4.78 is 34.3. The molecule has 41 heavy (non-hydrogen) atoms. The molecule has 0 bridgehead atoms. The lowest BCUT2D eigenvalue weighted by Crippen LogP contribution is -2.52. The number of methoxy groups -OCH3 is 1. The lowest BCUT2D eigenvalue weighted by Gasteiger charge is -2.33. The van der Waals surface area contributed by atoms with Gasteiger partial charge in [-0.25, -0.2) is 8.42 Å². The summed E-state index contributed by atoms with van der Waals surface area (Å²) in [5.41, 5.74) is 2.57. The Morgan fingerprint density at radius 3 is 2.20 bits per heavy atom. The molecule has 1 N–H and O–H groups in total. The van der Waals surface area contributed by atoms with Crippen molar-refractivity contribution < 1.29 is 22.7 Å². The van der Waals surface area contributed by atoms with E-state index in [9.17, 15) is 18.0 Å². The van der Waals surface area contributed by atoms with Crippen molar-refractivity contribution in [2.45, 2.75) is 64.6 Å². The number of anilines is 1. The van der Waals surface area contributed by atoms with Crippen LogP contribution in [0.1, 0.15) is 43.9 Å². The Kier molecular flexibility index (Phi) is 10.8. The first kappa shape index (κ1) is 32.0. The monoisotopic (exact) mass is 599 g/mol. The van der Waals surface area contributed by atoms with Crippen LogP contribution in [0.2, 0.25) is 5.02 Å². The van der Waals surface area contributed by atoms with Crippen molar-refractivity contribution in [1.29, 1.82) is 0 Å². The highest BCUT2D eigenvalue weighted by molar-refractivity contribution is 7.92. The molecule has 0 saturated heterocycles. The standard InChI is InChI=1S/C31H38ClN3O5S/c1-7-23(4)33-31(37)24(5)34(19-25-11-14-27(40-6)15-12-25)30(36)20-35(29-18-26(32)13-10-22(29)3)41(38,39)28-16-8-21(2)9-17-28/h8-18,23-24H,7,19-20H2,1-6H3,(H,33,37)/t23-,24+/m0/s1. The summed E-state index contributed by atoms with van der Waals surface area (Å²) in [6.45, 7) is 8.66. The fourth-order valence-electron chi connectivity index (χ4n) is 4.18. The second-order valence-corrected chi connectivity index (χ2v) is 12.4. The lowest BCUT2D eigenvalue weighted by atomic mass is 10.1. The van der Waals surface area contributed by atoms with Gasteiger partial charge in [-0.15, -0.1) is 0 Å². The molecule has 2 atom stereocenters. The van der Waals surface area contributed by atoms with Crippen molar-refractivity contribution in [1.82, 2.24) is 10.2 Å². The van der Waals surface area contributed by atoms with Crippen LogP contribution in [0.25, 0.3) is 0 Å². The van der Waals surface area contributed by atoms with Gasteiger partial charge in [0.15, 0.2) is 0 Å². The van der Waals surface area contributed by atoms with E-state index in [2.05, 4.69) is 5.32 Å². The Morgan fingerprint density at radius 1 is 0.976 bits per heavy atom. The van der Waals surface area contributed by atoms with Crippen LogP contribution >= 0.6 is 11.6 Å². The summed E-state index contributed by atoms with van der Waals surface area (Å²) in [5, 5.41) is 3.26. The van der Waals surface area contributed by atoms with Crippen molar-refractivity contribution in [3.63, 3.8) is 0 Å². The fraction of sp³-hybridized carbons (Fsp3) is 0.355. The van der Waals surface area contributed by atoms with Crippen LogP contribution in [0.4, 0.5) is 5.69 Å². The zero-order chi connectivity index (χ0) is 30.3. The maximum Gasteiger partial charge on any atom is 0.264 e. The molecular formula is C31H38ClN3O5S. The number of rotatable bonds is 12. The first-order valence-electron chi connectivity index (χ1n) is 13.5. The summed E-state index contributed by atoms with van der Waals surface area (Å²) in [6, 6.07) is 17.5. The third-order valence-electron chi connectivity index (χ3n) is 7.01. The number of nitrogens with zero attached hydrogens (tertiary/aromatic N) is 2. The Hall–Kier alpha value is -3.56. The highest BCUT2D eigenvalue weighted by Crippen LogP contribution is 2.30. The molecule has 3 aromatic carbocycles. The molecule has 220 valence electrons. The van der Waals surface area contributed by atoms with Gasteiger partial charge in [0.25, 0.3) is 10.0 Å². The quantitative estimate of drug-likeness (QED) is 0.297. The maximum atomic E-state index is 14.1. The van der Waals surface area contributed by atoms with Gasteiger partial charge >= 0.3 is 0 Å². The second-order valence-electron chi connectivity index (χ2n) is 10.1. The molecule has 0 unspecified atom stereocenters. The van der Waals surface area contributed by atoms with Crippen molar-refractivity contribution in [2.24, 2.45) is 0 Å². The fourth-order valence-corrected chi connectivity index (χ4v) is 5.81. The van der Waals surface area contributed by atoms with Gasteiger partial charge < -0.3 is 15.0 Å². The van der Waals surface area contributed by atoms with Gasteiger partial charge in [0.1, 0.15) is 18.3 Å². The molecule has 0 aliphatic rings. The van der Waals surface area contributed by atoms with Gasteiger partial charge in [-0.1, -0.05) is 54.4 Å². The minimum absolute atomic E-state index is 0.0412. The minimum Gasteiger partial charge on any atom is -0.497 e. The van der Waals surface area contributed by atoms with Gasteiger partial charge in [-0.2, -0.15) is 0 Å². The SMILES string of the molecule is CC[C@H](C)NC(=O)[C@@H](C)N(Cc1ccc(OC)cc1)C(=O)CN(c1cc(Cl)ccc1C)S(=O)(=O)c1ccc(C)cc1. The molecule has 0 spiro atoms. The summed E-state index contributed by atoms with van der Waals surface area (Å²) in [5.74, 6) is -0.211. The van der Waals surface area contributed by atoms with Crippen molar-refractivity contribution in [3.8, 4) is 5.75 Å². The molecule has 10 heteroatoms. The number of nitrogens with one attached hydrogen (secondary N) is 1. The first-order valence-corrected chi connectivity index (χ1v) is 15.3. The highest BCUT2D eigenvalue weighted by Gasteiger charge is 2.33. The van der Waals surface area contributed by atoms with Crippen molar-refractivity contribution in [3.05, 3.63) is 88.4 Å². The number of sulfonamides is 1. The zero-order valence-electron chi connectivity index (χ0n) is 24.3. The smallest absolute Gasteiger partial charge is 0.264 e. The first-order chi connectivity index (χ1) is 19.4. The molecule has 0 heterocycles. The summed E-state index contributed by atoms with van der Waals surface area (Å²) in [4.78, 5) is 28.7. The number of benzene rings is 3. The summed E-state index contributed by atoms with van der Waals surface area (Å²) in [6.07, 6.45) is 0.724. The predicted octanol–water partition coefficient (Wildman–Crippen LogP) is 5.49. The van der Waals surface area contributed by atoms with Gasteiger partial charge in [-0.3, -0.25) is 13.9 Å². The number of carbonyl (C=O) groups is 2. The average Bonchev–Trinajstić information content (AvgIpc) is 2.95. The second kappa shape index (κ2) is 13.9. The van der Waals surface area contributed by atoms with E-state index in [-0.39, 0.29) is 29.1 Å². The molecule has 0 aliphatic carbocycles. The van der Waals surface area contributed by atoms with E-state index in [4.69, 9.17) is 16.3 Å². The number of aryl methyl sites for hydroxylation is 2. The van der Waals surface area contributed by atoms with Gasteiger partial charge in [0.05, 0.1) is 17.7 Å². The topological polar surface area (TPSA) is 96.0 Å². The zero-order valence-corrected chi connectivity index (χ0v) is 25.9. The molecule has 2 amide bonds. The Bertz CT molecular complexity index is 1460. The van der Waals surface area contributed by atoms with E-state index < -0.39 is 28.5 Å². The Labute approximate surface area is 248 Å². The van der Waals surface area contributed by atoms with Crippen LogP contribution in [-0.4, -0.2) is 50.9 Å². The number of hydrogen-bond donors (Lipinski definition) is 1. The molecule has 3 aromatic rings. The van der Waals surface area contributed by atoms with E-state index in [1.807, 2.05) is 20.8 Å². The molecule has 0 aliphatic heterocycles. The van der Waals surface area contributed by atoms with Crippen molar-refractivity contribution in [2.75, 3.05) is 18.0 Å². The van der Waals surface area contributed by atoms with Gasteiger partial charge in [-0.05, 0) is 81.6 Å². The van der Waals surface area contributed by atoms with Crippen LogP contribution in [0.3, 0.4) is 0 Å². The number of carbonyl (C=O) groups excluding carboxylic acids is 2. The Morgan fingerprint density at radius 2 is 1.61 bits per heavy atom. The molecular weight excluding hydrogens is 562 g/mol.